The van der Waals surface area contributed by atoms with Crippen LogP contribution in [0.4, 0.5) is 0 Å². The van der Waals surface area contributed by atoms with Crippen molar-refractivity contribution in [2.45, 2.75) is 19.3 Å². The minimum absolute atomic E-state index is 0. The van der Waals surface area contributed by atoms with Gasteiger partial charge in [0, 0.05) is 20.1 Å². The van der Waals surface area contributed by atoms with E-state index in [2.05, 4.69) is 68.7 Å². The van der Waals surface area contributed by atoms with Crippen molar-refractivity contribution in [3.63, 3.8) is 0 Å². The number of nitrogens with zero attached hydrogens (tertiary/aromatic N) is 1. The highest BCUT2D eigenvalue weighted by atomic mass is 79.9. The molecule has 5 heteroatoms. The van der Waals surface area contributed by atoms with E-state index in [0.29, 0.717) is 0 Å². The van der Waals surface area contributed by atoms with Crippen LogP contribution in [0, 0.1) is 0 Å². The topological polar surface area (TPSA) is 12.5 Å². The molecule has 0 bridgehead atoms. The van der Waals surface area contributed by atoms with Crippen LogP contribution in [-0.2, 0) is 0 Å². The van der Waals surface area contributed by atoms with Crippen molar-refractivity contribution in [1.29, 1.82) is 0 Å². The lowest BCUT2D eigenvalue weighted by atomic mass is 10.1. The SMILES string of the molecule is Brc1ccc(-c2csc3cc(OCCCCN4CCC4)ccc23)cc1.Cl. The van der Waals surface area contributed by atoms with Crippen LogP contribution in [0.15, 0.2) is 52.3 Å². The van der Waals surface area contributed by atoms with E-state index in [9.17, 15) is 0 Å². The number of fused-ring (bicyclic) bond motifs is 1. The molecule has 1 aliphatic rings. The molecule has 0 aliphatic carbocycles. The van der Waals surface area contributed by atoms with Gasteiger partial charge < -0.3 is 9.64 Å². The van der Waals surface area contributed by atoms with Gasteiger partial charge in [-0.1, -0.05) is 28.1 Å². The van der Waals surface area contributed by atoms with Gasteiger partial charge in [-0.25, -0.2) is 0 Å². The molecule has 0 saturated carbocycles. The Labute approximate surface area is 173 Å². The van der Waals surface area contributed by atoms with Crippen LogP contribution >= 0.6 is 39.7 Å². The van der Waals surface area contributed by atoms with E-state index < -0.39 is 0 Å². The summed E-state index contributed by atoms with van der Waals surface area (Å²) in [6.07, 6.45) is 3.73. The summed E-state index contributed by atoms with van der Waals surface area (Å²) in [5.74, 6) is 0.987. The Balaban J connectivity index is 0.00000196. The van der Waals surface area contributed by atoms with Crippen LogP contribution in [0.2, 0.25) is 0 Å². The second kappa shape index (κ2) is 9.23. The maximum atomic E-state index is 5.96. The van der Waals surface area contributed by atoms with Crippen molar-refractivity contribution in [2.75, 3.05) is 26.2 Å². The molecule has 2 aromatic carbocycles. The van der Waals surface area contributed by atoms with Gasteiger partial charge in [0.1, 0.15) is 5.75 Å². The largest absolute Gasteiger partial charge is 0.494 e. The predicted octanol–water partition coefficient (Wildman–Crippen LogP) is 6.62. The van der Waals surface area contributed by atoms with E-state index in [4.69, 9.17) is 4.74 Å². The monoisotopic (exact) mass is 451 g/mol. The Kier molecular flexibility index (Phi) is 6.98. The molecule has 0 radical (unpaired) electrons. The van der Waals surface area contributed by atoms with E-state index in [1.807, 2.05) is 0 Å². The molecule has 3 aromatic rings. The molecule has 1 fully saturated rings. The molecule has 4 rings (SSSR count). The van der Waals surface area contributed by atoms with E-state index in [0.717, 1.165) is 23.2 Å². The smallest absolute Gasteiger partial charge is 0.120 e. The van der Waals surface area contributed by atoms with Crippen molar-refractivity contribution in [3.8, 4) is 16.9 Å². The highest BCUT2D eigenvalue weighted by Gasteiger charge is 2.12. The second-order valence-electron chi connectivity index (χ2n) is 6.56. The van der Waals surface area contributed by atoms with Crippen molar-refractivity contribution >= 4 is 49.8 Å². The lowest BCUT2D eigenvalue weighted by Gasteiger charge is -2.30. The van der Waals surface area contributed by atoms with Gasteiger partial charge >= 0.3 is 0 Å². The van der Waals surface area contributed by atoms with E-state index in [1.54, 1.807) is 11.3 Å². The number of likely N-dealkylation sites (tertiary alicyclic amines) is 1. The summed E-state index contributed by atoms with van der Waals surface area (Å²) >= 11 is 5.29. The van der Waals surface area contributed by atoms with Gasteiger partial charge in [-0.3, -0.25) is 0 Å². The summed E-state index contributed by atoms with van der Waals surface area (Å²) in [4.78, 5) is 2.52. The Hall–Kier alpha value is -1.07. The summed E-state index contributed by atoms with van der Waals surface area (Å²) in [6, 6.07) is 15.0. The third-order valence-electron chi connectivity index (χ3n) is 4.79. The first kappa shape index (κ1) is 19.7. The molecule has 2 heterocycles. The molecular weight excluding hydrogens is 430 g/mol. The fraction of sp³-hybridized carbons (Fsp3) is 0.333. The van der Waals surface area contributed by atoms with Crippen LogP contribution in [0.5, 0.6) is 5.75 Å². The first-order valence-electron chi connectivity index (χ1n) is 8.92. The molecule has 1 saturated heterocycles. The molecule has 0 N–H and O–H groups in total. The zero-order valence-corrected chi connectivity index (χ0v) is 17.8. The van der Waals surface area contributed by atoms with Crippen LogP contribution < -0.4 is 4.74 Å². The summed E-state index contributed by atoms with van der Waals surface area (Å²) < 4.78 is 8.36. The Morgan fingerprint density at radius 2 is 1.85 bits per heavy atom. The van der Waals surface area contributed by atoms with E-state index >= 15 is 0 Å². The molecule has 0 amide bonds. The molecule has 138 valence electrons. The normalized spacial score (nSPS) is 14.0. The first-order chi connectivity index (χ1) is 12.3. The molecule has 0 atom stereocenters. The highest BCUT2D eigenvalue weighted by Crippen LogP contribution is 2.36. The van der Waals surface area contributed by atoms with Gasteiger partial charge in [-0.05, 0) is 80.2 Å². The third-order valence-corrected chi connectivity index (χ3v) is 6.26. The number of thiophene rings is 1. The summed E-state index contributed by atoms with van der Waals surface area (Å²) in [5.41, 5.74) is 2.56. The minimum atomic E-state index is 0. The van der Waals surface area contributed by atoms with Gasteiger partial charge in [-0.15, -0.1) is 23.7 Å². The van der Waals surface area contributed by atoms with Gasteiger partial charge in [0.25, 0.3) is 0 Å². The number of halogens is 2. The van der Waals surface area contributed by atoms with Crippen molar-refractivity contribution < 1.29 is 4.74 Å². The molecule has 1 aliphatic heterocycles. The van der Waals surface area contributed by atoms with Crippen molar-refractivity contribution in [3.05, 3.63) is 52.3 Å². The first-order valence-corrected chi connectivity index (χ1v) is 10.6. The average Bonchev–Trinajstić information content (AvgIpc) is 3.00. The number of ether oxygens (including phenoxy) is 1. The van der Waals surface area contributed by atoms with Crippen LogP contribution in [0.25, 0.3) is 21.2 Å². The van der Waals surface area contributed by atoms with Gasteiger partial charge in [-0.2, -0.15) is 0 Å². The van der Waals surface area contributed by atoms with E-state index in [-0.39, 0.29) is 12.4 Å². The molecular formula is C21H23BrClNOS. The van der Waals surface area contributed by atoms with Crippen molar-refractivity contribution in [2.24, 2.45) is 0 Å². The summed E-state index contributed by atoms with van der Waals surface area (Å²) in [7, 11) is 0. The number of benzene rings is 2. The molecule has 26 heavy (non-hydrogen) atoms. The lowest BCUT2D eigenvalue weighted by Crippen LogP contribution is -2.37. The van der Waals surface area contributed by atoms with Gasteiger partial charge in [0.2, 0.25) is 0 Å². The van der Waals surface area contributed by atoms with E-state index in [1.165, 1.54) is 53.7 Å². The second-order valence-corrected chi connectivity index (χ2v) is 8.39. The summed E-state index contributed by atoms with van der Waals surface area (Å²) in [6.45, 7) is 4.61. The maximum absolute atomic E-state index is 5.96. The van der Waals surface area contributed by atoms with Gasteiger partial charge in [0.15, 0.2) is 0 Å². The standard InChI is InChI=1S/C21H22BrNOS.ClH/c22-17-6-4-16(5-7-17)20-15-25-21-14-18(8-9-19(20)21)24-13-2-1-10-23-11-3-12-23;/h4-9,14-15H,1-3,10-13H2;1H. The highest BCUT2D eigenvalue weighted by molar-refractivity contribution is 9.10. The molecule has 0 spiro atoms. The Bertz CT molecular complexity index is 845. The fourth-order valence-corrected chi connectivity index (χ4v) is 4.45. The number of rotatable bonds is 7. The van der Waals surface area contributed by atoms with Crippen molar-refractivity contribution in [1.82, 2.24) is 4.90 Å². The van der Waals surface area contributed by atoms with Gasteiger partial charge in [0.05, 0.1) is 6.61 Å². The molecule has 1 aromatic heterocycles. The molecule has 2 nitrogen and oxygen atoms in total. The number of unbranched alkanes of at least 4 members (excludes halogenated alkanes) is 1. The Morgan fingerprint density at radius 3 is 2.58 bits per heavy atom. The quantitative estimate of drug-likeness (QED) is 0.374. The van der Waals surface area contributed by atoms with Crippen LogP contribution in [-0.4, -0.2) is 31.1 Å². The number of hydrogen-bond donors (Lipinski definition) is 0. The zero-order chi connectivity index (χ0) is 17.1. The minimum Gasteiger partial charge on any atom is -0.494 e. The predicted molar refractivity (Wildman–Crippen MR) is 118 cm³/mol. The molecule has 0 unspecified atom stereocenters. The average molecular weight is 453 g/mol. The third kappa shape index (κ3) is 4.61. The fourth-order valence-electron chi connectivity index (χ4n) is 3.18. The maximum Gasteiger partial charge on any atom is 0.120 e. The van der Waals surface area contributed by atoms with Crippen LogP contribution in [0.1, 0.15) is 19.3 Å². The Morgan fingerprint density at radius 1 is 1.04 bits per heavy atom. The van der Waals surface area contributed by atoms with Crippen LogP contribution in [0.3, 0.4) is 0 Å². The zero-order valence-electron chi connectivity index (χ0n) is 14.6. The summed E-state index contributed by atoms with van der Waals surface area (Å²) in [5, 5.41) is 3.54. The number of hydrogen-bond acceptors (Lipinski definition) is 3. The lowest BCUT2D eigenvalue weighted by molar-refractivity contribution is 0.173.